The van der Waals surface area contributed by atoms with E-state index in [4.69, 9.17) is 11.6 Å². The molecule has 0 saturated carbocycles. The third-order valence-electron chi connectivity index (χ3n) is 3.60. The molecule has 0 unspecified atom stereocenters. The van der Waals surface area contributed by atoms with Gasteiger partial charge in [-0.05, 0) is 18.2 Å². The smallest absolute Gasteiger partial charge is 0.269 e. The molecule has 0 aliphatic carbocycles. The van der Waals surface area contributed by atoms with Crippen LogP contribution in [0.5, 0.6) is 0 Å². The third-order valence-corrected chi connectivity index (χ3v) is 5.55. The fraction of sp³-hybridized carbons (Fsp3) is 0.118. The molecular weight excluding hydrogens is 376 g/mol. The second-order valence-corrected chi connectivity index (χ2v) is 7.85. The lowest BCUT2D eigenvalue weighted by molar-refractivity contribution is 0.104. The largest absolute Gasteiger partial charge is 0.383 e. The van der Waals surface area contributed by atoms with Crippen molar-refractivity contribution in [3.8, 4) is 0 Å². The first kappa shape index (κ1) is 18.1. The highest BCUT2D eigenvalue weighted by Crippen LogP contribution is 2.27. The normalized spacial score (nSPS) is 12.0. The second kappa shape index (κ2) is 6.89. The van der Waals surface area contributed by atoms with Crippen LogP contribution < -0.4 is 0 Å². The molecule has 9 heteroatoms. The number of rotatable bonds is 5. The van der Waals surface area contributed by atoms with Crippen molar-refractivity contribution in [2.75, 3.05) is 14.1 Å². The molecule has 0 aliphatic rings. The lowest BCUT2D eigenvalue weighted by Gasteiger charge is -2.08. The maximum Gasteiger partial charge on any atom is 0.269 e. The van der Waals surface area contributed by atoms with Crippen LogP contribution in [-0.4, -0.2) is 47.4 Å². The summed E-state index contributed by atoms with van der Waals surface area (Å²) in [5.74, 6) is -0.390. The van der Waals surface area contributed by atoms with Crippen LogP contribution in [0.4, 0.5) is 0 Å². The lowest BCUT2D eigenvalue weighted by atomic mass is 10.1. The van der Waals surface area contributed by atoms with Gasteiger partial charge in [0.05, 0.1) is 10.5 Å². The van der Waals surface area contributed by atoms with Crippen LogP contribution in [0.3, 0.4) is 0 Å². The number of carbonyl (C=O) groups is 1. The predicted octanol–water partition coefficient (Wildman–Crippen LogP) is 2.58. The Morgan fingerprint density at radius 1 is 1.15 bits per heavy atom. The summed E-state index contributed by atoms with van der Waals surface area (Å²) in [4.78, 5) is 14.3. The highest BCUT2D eigenvalue weighted by atomic mass is 35.5. The Morgan fingerprint density at radius 3 is 2.50 bits per heavy atom. The Balaban J connectivity index is 2.18. The molecule has 0 saturated heterocycles. The molecule has 7 nitrogen and oxygen atoms in total. The number of halogens is 1. The van der Waals surface area contributed by atoms with Gasteiger partial charge in [0.25, 0.3) is 10.0 Å². The van der Waals surface area contributed by atoms with Gasteiger partial charge in [-0.3, -0.25) is 4.79 Å². The van der Waals surface area contributed by atoms with Crippen LogP contribution >= 0.6 is 11.6 Å². The number of benzene rings is 1. The topological polar surface area (TPSA) is 85.2 Å². The lowest BCUT2D eigenvalue weighted by Crippen LogP contribution is -2.13. The predicted molar refractivity (Wildman–Crippen MR) is 98.7 cm³/mol. The van der Waals surface area contributed by atoms with Gasteiger partial charge in [0.2, 0.25) is 0 Å². The summed E-state index contributed by atoms with van der Waals surface area (Å²) in [5.41, 5.74) is 0.150. The zero-order chi connectivity index (χ0) is 18.9. The maximum atomic E-state index is 12.8. The number of aromatic nitrogens is 3. The van der Waals surface area contributed by atoms with Crippen molar-refractivity contribution in [1.29, 1.82) is 0 Å². The van der Waals surface area contributed by atoms with E-state index in [0.29, 0.717) is 5.39 Å². The molecule has 0 radical (unpaired) electrons. The molecule has 0 amide bonds. The van der Waals surface area contributed by atoms with Crippen molar-refractivity contribution in [2.24, 2.45) is 0 Å². The van der Waals surface area contributed by atoms with Crippen molar-refractivity contribution in [3.63, 3.8) is 0 Å². The second-order valence-electron chi connectivity index (χ2n) is 5.68. The van der Waals surface area contributed by atoms with Gasteiger partial charge in [0.15, 0.2) is 16.6 Å². The zero-order valence-electron chi connectivity index (χ0n) is 14.0. The number of allylic oxidation sites excluding steroid dienone is 1. The Kier molecular flexibility index (Phi) is 4.80. The molecule has 0 spiro atoms. The van der Waals surface area contributed by atoms with Crippen molar-refractivity contribution in [2.45, 2.75) is 4.90 Å². The van der Waals surface area contributed by atoms with Crippen LogP contribution in [0.2, 0.25) is 5.15 Å². The van der Waals surface area contributed by atoms with Crippen LogP contribution in [-0.2, 0) is 10.0 Å². The average molecular weight is 391 g/mol. The van der Waals surface area contributed by atoms with E-state index in [1.807, 2.05) is 0 Å². The summed E-state index contributed by atoms with van der Waals surface area (Å²) in [6.45, 7) is 0. The van der Waals surface area contributed by atoms with Crippen molar-refractivity contribution in [1.82, 2.24) is 19.1 Å². The number of ketones is 1. The summed E-state index contributed by atoms with van der Waals surface area (Å²) in [7, 11) is -0.325. The standard InChI is InChI=1S/C17H15ClN4O3S/c1-21(2)10-9-14(23)15-13-8-11-22(17(13)20-19-16(15)18)26(24,25)12-6-4-3-5-7-12/h3-11H,1-2H3/b10-9+. The molecule has 3 aromatic rings. The molecule has 134 valence electrons. The van der Waals surface area contributed by atoms with Crippen LogP contribution in [0.1, 0.15) is 10.4 Å². The van der Waals surface area contributed by atoms with Crippen molar-refractivity contribution in [3.05, 3.63) is 65.6 Å². The van der Waals surface area contributed by atoms with E-state index in [-0.39, 0.29) is 21.3 Å². The first-order chi connectivity index (χ1) is 12.3. The number of nitrogens with zero attached hydrogens (tertiary/aromatic N) is 4. The highest BCUT2D eigenvalue weighted by Gasteiger charge is 2.23. The molecule has 1 aromatic carbocycles. The van der Waals surface area contributed by atoms with E-state index >= 15 is 0 Å². The quantitative estimate of drug-likeness (QED) is 0.491. The number of fused-ring (bicyclic) bond motifs is 1. The monoisotopic (exact) mass is 390 g/mol. The highest BCUT2D eigenvalue weighted by molar-refractivity contribution is 7.90. The van der Waals surface area contributed by atoms with Crippen LogP contribution in [0.25, 0.3) is 11.0 Å². The molecule has 0 fully saturated rings. The Hall–Kier alpha value is -2.71. The van der Waals surface area contributed by atoms with Gasteiger partial charge < -0.3 is 4.90 Å². The SMILES string of the molecule is CN(C)/C=C/C(=O)c1c(Cl)nnc2c1ccn2S(=O)(=O)c1ccccc1. The van der Waals surface area contributed by atoms with Gasteiger partial charge in [-0.15, -0.1) is 10.2 Å². The Labute approximate surface area is 155 Å². The molecule has 26 heavy (non-hydrogen) atoms. The Morgan fingerprint density at radius 2 is 1.85 bits per heavy atom. The van der Waals surface area contributed by atoms with Gasteiger partial charge in [-0.2, -0.15) is 0 Å². The van der Waals surface area contributed by atoms with Crippen LogP contribution in [0.15, 0.2) is 59.8 Å². The number of carbonyl (C=O) groups excluding carboxylic acids is 1. The molecule has 2 aromatic heterocycles. The molecule has 0 aliphatic heterocycles. The molecule has 3 rings (SSSR count). The van der Waals surface area contributed by atoms with E-state index in [1.165, 1.54) is 30.5 Å². The summed E-state index contributed by atoms with van der Waals surface area (Å²) in [5, 5.41) is 7.88. The molecule has 0 N–H and O–H groups in total. The van der Waals surface area contributed by atoms with Crippen LogP contribution in [0, 0.1) is 0 Å². The Bertz CT molecular complexity index is 1110. The average Bonchev–Trinajstić information content (AvgIpc) is 3.05. The van der Waals surface area contributed by atoms with E-state index in [1.54, 1.807) is 43.4 Å². The first-order valence-corrected chi connectivity index (χ1v) is 9.37. The summed E-state index contributed by atoms with van der Waals surface area (Å²) < 4.78 is 26.7. The van der Waals surface area contributed by atoms with Crippen molar-refractivity contribution >= 4 is 38.4 Å². The van der Waals surface area contributed by atoms with Crippen molar-refractivity contribution < 1.29 is 13.2 Å². The fourth-order valence-corrected chi connectivity index (χ4v) is 3.93. The third kappa shape index (κ3) is 3.21. The minimum Gasteiger partial charge on any atom is -0.383 e. The van der Waals surface area contributed by atoms with Gasteiger partial charge in [0, 0.05) is 38.0 Å². The fourth-order valence-electron chi connectivity index (χ4n) is 2.39. The minimum atomic E-state index is -3.87. The number of hydrogen-bond acceptors (Lipinski definition) is 6. The van der Waals surface area contributed by atoms with Gasteiger partial charge in [0.1, 0.15) is 0 Å². The summed E-state index contributed by atoms with van der Waals surface area (Å²) >= 11 is 6.05. The van der Waals surface area contributed by atoms with Gasteiger partial charge >= 0.3 is 0 Å². The number of hydrogen-bond donors (Lipinski definition) is 0. The van der Waals surface area contributed by atoms with Gasteiger partial charge in [-0.25, -0.2) is 12.4 Å². The summed E-state index contributed by atoms with van der Waals surface area (Å²) in [6, 6.07) is 9.43. The zero-order valence-corrected chi connectivity index (χ0v) is 15.6. The van der Waals surface area contributed by atoms with E-state index < -0.39 is 15.8 Å². The molecule has 2 heterocycles. The molecule has 0 atom stereocenters. The molecule has 0 bridgehead atoms. The first-order valence-electron chi connectivity index (χ1n) is 7.55. The maximum absolute atomic E-state index is 12.8. The van der Waals surface area contributed by atoms with Gasteiger partial charge in [-0.1, -0.05) is 29.8 Å². The van der Waals surface area contributed by atoms with E-state index in [0.717, 1.165) is 3.97 Å². The van der Waals surface area contributed by atoms with E-state index in [9.17, 15) is 13.2 Å². The van der Waals surface area contributed by atoms with E-state index in [2.05, 4.69) is 10.2 Å². The minimum absolute atomic E-state index is 0.0415. The molecular formula is C17H15ClN4O3S. The summed E-state index contributed by atoms with van der Waals surface area (Å²) in [6.07, 6.45) is 4.25.